The van der Waals surface area contributed by atoms with Crippen molar-refractivity contribution in [1.82, 2.24) is 9.78 Å². The van der Waals surface area contributed by atoms with Gasteiger partial charge in [0.25, 0.3) is 0 Å². The molecule has 1 atom stereocenters. The van der Waals surface area contributed by atoms with Gasteiger partial charge >= 0.3 is 0 Å². The second-order valence-electron chi connectivity index (χ2n) is 4.48. The van der Waals surface area contributed by atoms with E-state index in [-0.39, 0.29) is 0 Å². The van der Waals surface area contributed by atoms with Crippen molar-refractivity contribution in [3.8, 4) is 0 Å². The van der Waals surface area contributed by atoms with Crippen molar-refractivity contribution in [2.45, 2.75) is 46.7 Å². The molecule has 0 spiro atoms. The van der Waals surface area contributed by atoms with Crippen LogP contribution >= 0.6 is 0 Å². The summed E-state index contributed by atoms with van der Waals surface area (Å²) < 4.78 is 1.97. The lowest BCUT2D eigenvalue weighted by Gasteiger charge is -2.17. The molecule has 0 aliphatic heterocycles. The highest BCUT2D eigenvalue weighted by atomic mass is 15.3. The van der Waals surface area contributed by atoms with Gasteiger partial charge in [0.2, 0.25) is 0 Å². The van der Waals surface area contributed by atoms with Crippen molar-refractivity contribution in [2.24, 2.45) is 5.92 Å². The van der Waals surface area contributed by atoms with E-state index in [0.717, 1.165) is 5.69 Å². The van der Waals surface area contributed by atoms with Gasteiger partial charge in [-0.25, -0.2) is 0 Å². The summed E-state index contributed by atoms with van der Waals surface area (Å²) in [5, 5.41) is 7.72. The van der Waals surface area contributed by atoms with E-state index in [1.807, 2.05) is 10.9 Å². The molecular weight excluding hydrogens is 174 g/mol. The predicted octanol–water partition coefficient (Wildman–Crippen LogP) is 2.92. The Bertz CT molecular complexity index is 276. The Morgan fingerprint density at radius 1 is 1.21 bits per heavy atom. The zero-order valence-corrected chi connectivity index (χ0v) is 9.78. The molecule has 1 N–H and O–H groups in total. The van der Waals surface area contributed by atoms with Crippen LogP contribution in [0.5, 0.6) is 0 Å². The summed E-state index contributed by atoms with van der Waals surface area (Å²) in [5.41, 5.74) is 1.11. The largest absolute Gasteiger partial charge is 0.380 e. The van der Waals surface area contributed by atoms with Crippen LogP contribution in [0.3, 0.4) is 0 Å². The van der Waals surface area contributed by atoms with Crippen molar-refractivity contribution in [1.29, 1.82) is 0 Å². The third-order valence-electron chi connectivity index (χ3n) is 2.52. The quantitative estimate of drug-likeness (QED) is 0.800. The van der Waals surface area contributed by atoms with E-state index >= 15 is 0 Å². The maximum absolute atomic E-state index is 4.28. The fourth-order valence-corrected chi connectivity index (χ4v) is 1.12. The van der Waals surface area contributed by atoms with Crippen LogP contribution in [0.4, 0.5) is 5.69 Å². The lowest BCUT2D eigenvalue weighted by Crippen LogP contribution is -2.21. The van der Waals surface area contributed by atoms with Crippen molar-refractivity contribution in [2.75, 3.05) is 5.32 Å². The molecule has 0 aliphatic rings. The van der Waals surface area contributed by atoms with E-state index in [2.05, 4.69) is 51.2 Å². The first-order valence-electron chi connectivity index (χ1n) is 5.31. The number of rotatable bonds is 4. The molecule has 0 fully saturated rings. The first kappa shape index (κ1) is 11.1. The normalized spacial score (nSPS) is 13.6. The van der Waals surface area contributed by atoms with Gasteiger partial charge in [0, 0.05) is 18.3 Å². The zero-order valence-electron chi connectivity index (χ0n) is 9.78. The van der Waals surface area contributed by atoms with Gasteiger partial charge in [-0.15, -0.1) is 0 Å². The molecule has 1 unspecified atom stereocenters. The Hall–Kier alpha value is -0.990. The monoisotopic (exact) mass is 195 g/mol. The van der Waals surface area contributed by atoms with Gasteiger partial charge in [-0.2, -0.15) is 5.10 Å². The summed E-state index contributed by atoms with van der Waals surface area (Å²) in [6.45, 7) is 10.9. The van der Waals surface area contributed by atoms with Crippen molar-refractivity contribution in [3.63, 3.8) is 0 Å². The Morgan fingerprint density at radius 3 is 2.29 bits per heavy atom. The molecule has 0 saturated heterocycles. The van der Waals surface area contributed by atoms with Crippen LogP contribution in [-0.4, -0.2) is 15.8 Å². The summed E-state index contributed by atoms with van der Waals surface area (Å²) in [7, 11) is 0. The summed E-state index contributed by atoms with van der Waals surface area (Å²) in [4.78, 5) is 0. The zero-order chi connectivity index (χ0) is 10.7. The van der Waals surface area contributed by atoms with Crippen molar-refractivity contribution < 1.29 is 0 Å². The fourth-order valence-electron chi connectivity index (χ4n) is 1.12. The third kappa shape index (κ3) is 2.76. The molecule has 3 nitrogen and oxygen atoms in total. The molecule has 0 bridgehead atoms. The molecular formula is C11H21N3. The second-order valence-corrected chi connectivity index (χ2v) is 4.48. The van der Waals surface area contributed by atoms with Crippen LogP contribution in [0.2, 0.25) is 0 Å². The lowest BCUT2D eigenvalue weighted by molar-refractivity contribution is 0.532. The third-order valence-corrected chi connectivity index (χ3v) is 2.52. The van der Waals surface area contributed by atoms with E-state index in [4.69, 9.17) is 0 Å². The summed E-state index contributed by atoms with van der Waals surface area (Å²) in [6.07, 6.45) is 3.95. The number of nitrogens with zero attached hydrogens (tertiary/aromatic N) is 2. The smallest absolute Gasteiger partial charge is 0.0728 e. The molecule has 14 heavy (non-hydrogen) atoms. The highest BCUT2D eigenvalue weighted by Gasteiger charge is 2.08. The van der Waals surface area contributed by atoms with Crippen LogP contribution in [-0.2, 0) is 0 Å². The lowest BCUT2D eigenvalue weighted by atomic mass is 10.1. The minimum Gasteiger partial charge on any atom is -0.380 e. The first-order valence-corrected chi connectivity index (χ1v) is 5.31. The van der Waals surface area contributed by atoms with Gasteiger partial charge in [-0.05, 0) is 26.7 Å². The van der Waals surface area contributed by atoms with E-state index in [1.54, 1.807) is 0 Å². The van der Waals surface area contributed by atoms with Crippen LogP contribution in [0, 0.1) is 5.92 Å². The first-order chi connectivity index (χ1) is 6.50. The molecule has 1 aromatic heterocycles. The van der Waals surface area contributed by atoms with Crippen LogP contribution in [0.1, 0.15) is 40.7 Å². The Balaban J connectivity index is 2.60. The molecule has 0 aliphatic carbocycles. The summed E-state index contributed by atoms with van der Waals surface area (Å²) in [5.74, 6) is 0.636. The number of hydrogen-bond acceptors (Lipinski definition) is 2. The average molecular weight is 195 g/mol. The number of anilines is 1. The molecule has 1 rings (SSSR count). The van der Waals surface area contributed by atoms with E-state index < -0.39 is 0 Å². The SMILES string of the molecule is CC(C)C(C)Nc1cnn(C(C)C)c1. The van der Waals surface area contributed by atoms with Gasteiger partial charge in [0.05, 0.1) is 11.9 Å². The molecule has 0 radical (unpaired) electrons. The molecule has 1 heterocycles. The summed E-state index contributed by atoms with van der Waals surface area (Å²) >= 11 is 0. The van der Waals surface area contributed by atoms with E-state index in [1.165, 1.54) is 0 Å². The minimum atomic E-state index is 0.430. The van der Waals surface area contributed by atoms with Gasteiger partial charge < -0.3 is 5.32 Å². The average Bonchev–Trinajstić information content (AvgIpc) is 2.52. The molecule has 0 saturated carbocycles. The molecule has 0 aromatic carbocycles. The summed E-state index contributed by atoms with van der Waals surface area (Å²) in [6, 6.07) is 0.916. The minimum absolute atomic E-state index is 0.430. The van der Waals surface area contributed by atoms with Gasteiger partial charge in [-0.3, -0.25) is 4.68 Å². The second kappa shape index (κ2) is 4.49. The predicted molar refractivity (Wildman–Crippen MR) is 60.5 cm³/mol. The Labute approximate surface area is 86.5 Å². The highest BCUT2D eigenvalue weighted by Crippen LogP contribution is 2.13. The van der Waals surface area contributed by atoms with Crippen molar-refractivity contribution >= 4 is 5.69 Å². The molecule has 0 amide bonds. The van der Waals surface area contributed by atoms with Crippen LogP contribution < -0.4 is 5.32 Å². The van der Waals surface area contributed by atoms with Crippen molar-refractivity contribution in [3.05, 3.63) is 12.4 Å². The van der Waals surface area contributed by atoms with E-state index in [9.17, 15) is 0 Å². The molecule has 80 valence electrons. The topological polar surface area (TPSA) is 29.9 Å². The Morgan fingerprint density at radius 2 is 1.86 bits per heavy atom. The highest BCUT2D eigenvalue weighted by molar-refractivity contribution is 5.39. The maximum atomic E-state index is 4.28. The number of hydrogen-bond donors (Lipinski definition) is 1. The number of aromatic nitrogens is 2. The van der Waals surface area contributed by atoms with Crippen LogP contribution in [0.25, 0.3) is 0 Å². The Kier molecular flexibility index (Phi) is 3.55. The number of nitrogens with one attached hydrogen (secondary N) is 1. The molecule has 3 heteroatoms. The van der Waals surface area contributed by atoms with E-state index in [0.29, 0.717) is 18.0 Å². The fraction of sp³-hybridized carbons (Fsp3) is 0.727. The van der Waals surface area contributed by atoms with Gasteiger partial charge in [0.1, 0.15) is 0 Å². The van der Waals surface area contributed by atoms with Gasteiger partial charge in [-0.1, -0.05) is 13.8 Å². The standard InChI is InChI=1S/C11H21N3/c1-8(2)10(5)13-11-6-12-14(7-11)9(3)4/h6-10,13H,1-5H3. The van der Waals surface area contributed by atoms with Gasteiger partial charge in [0.15, 0.2) is 0 Å². The maximum Gasteiger partial charge on any atom is 0.0728 e. The molecule has 1 aromatic rings. The van der Waals surface area contributed by atoms with Crippen LogP contribution in [0.15, 0.2) is 12.4 Å².